The van der Waals surface area contributed by atoms with Gasteiger partial charge in [0.1, 0.15) is 17.2 Å². The van der Waals surface area contributed by atoms with Crippen LogP contribution in [-0.4, -0.2) is 22.3 Å². The molecule has 0 aromatic carbocycles. The van der Waals surface area contributed by atoms with Gasteiger partial charge in [-0.1, -0.05) is 26.2 Å². The van der Waals surface area contributed by atoms with Crippen molar-refractivity contribution in [2.75, 3.05) is 11.6 Å². The van der Waals surface area contributed by atoms with Gasteiger partial charge in [-0.25, -0.2) is 9.97 Å². The maximum absolute atomic E-state index is 4.30. The third kappa shape index (κ3) is 3.60. The summed E-state index contributed by atoms with van der Waals surface area (Å²) < 4.78 is 0. The Bertz CT molecular complexity index is 356. The van der Waals surface area contributed by atoms with Gasteiger partial charge >= 0.3 is 0 Å². The molecule has 0 aliphatic heterocycles. The van der Waals surface area contributed by atoms with E-state index in [-0.39, 0.29) is 0 Å². The van der Waals surface area contributed by atoms with Gasteiger partial charge in [-0.3, -0.25) is 0 Å². The Hall–Kier alpha value is -0.770. The van der Waals surface area contributed by atoms with Crippen LogP contribution < -0.4 is 5.32 Å². The van der Waals surface area contributed by atoms with Crippen molar-refractivity contribution < 1.29 is 0 Å². The molecular weight excluding hydrogens is 230 g/mol. The zero-order valence-electron chi connectivity index (χ0n) is 10.6. The van der Waals surface area contributed by atoms with E-state index < -0.39 is 0 Å². The van der Waals surface area contributed by atoms with Crippen LogP contribution in [-0.2, 0) is 0 Å². The Morgan fingerprint density at radius 2 is 2.29 bits per heavy atom. The monoisotopic (exact) mass is 251 g/mol. The zero-order valence-corrected chi connectivity index (χ0v) is 11.5. The molecule has 1 saturated carbocycles. The van der Waals surface area contributed by atoms with Gasteiger partial charge in [0.05, 0.1) is 0 Å². The molecule has 1 aliphatic rings. The highest BCUT2D eigenvalue weighted by molar-refractivity contribution is 7.98. The summed E-state index contributed by atoms with van der Waals surface area (Å²) in [7, 11) is 0. The zero-order chi connectivity index (χ0) is 12.1. The van der Waals surface area contributed by atoms with Gasteiger partial charge in [0.2, 0.25) is 0 Å². The Morgan fingerprint density at radius 1 is 1.41 bits per heavy atom. The Kier molecular flexibility index (Phi) is 4.66. The average molecular weight is 251 g/mol. The van der Waals surface area contributed by atoms with Crippen molar-refractivity contribution in [3.05, 3.63) is 12.4 Å². The molecule has 0 bridgehead atoms. The topological polar surface area (TPSA) is 37.8 Å². The second kappa shape index (κ2) is 6.24. The van der Waals surface area contributed by atoms with Gasteiger partial charge in [0.25, 0.3) is 0 Å². The number of aromatic nitrogens is 2. The minimum atomic E-state index is 0.596. The minimum Gasteiger partial charge on any atom is -0.367 e. The molecule has 17 heavy (non-hydrogen) atoms. The van der Waals surface area contributed by atoms with E-state index in [9.17, 15) is 0 Å². The first-order valence-electron chi connectivity index (χ1n) is 6.44. The molecule has 1 heterocycles. The van der Waals surface area contributed by atoms with E-state index in [0.29, 0.717) is 6.04 Å². The SMILES string of the molecule is CCC1CCCC(Nc2cc(SC)ncn2)C1. The van der Waals surface area contributed by atoms with Gasteiger partial charge in [-0.2, -0.15) is 0 Å². The van der Waals surface area contributed by atoms with Crippen LogP contribution in [0.25, 0.3) is 0 Å². The van der Waals surface area contributed by atoms with Crippen molar-refractivity contribution in [3.63, 3.8) is 0 Å². The minimum absolute atomic E-state index is 0.596. The molecule has 1 fully saturated rings. The van der Waals surface area contributed by atoms with Crippen molar-refractivity contribution in [1.29, 1.82) is 0 Å². The van der Waals surface area contributed by atoms with Crippen LogP contribution in [0.2, 0.25) is 0 Å². The van der Waals surface area contributed by atoms with E-state index in [1.165, 1.54) is 32.1 Å². The first kappa shape index (κ1) is 12.7. The molecule has 3 nitrogen and oxygen atoms in total. The summed E-state index contributed by atoms with van der Waals surface area (Å²) in [5, 5.41) is 4.59. The molecule has 1 aliphatic carbocycles. The summed E-state index contributed by atoms with van der Waals surface area (Å²) in [5.74, 6) is 1.87. The largest absolute Gasteiger partial charge is 0.367 e. The van der Waals surface area contributed by atoms with E-state index >= 15 is 0 Å². The maximum Gasteiger partial charge on any atom is 0.130 e. The predicted octanol–water partition coefficient (Wildman–Crippen LogP) is 3.58. The van der Waals surface area contributed by atoms with Crippen molar-refractivity contribution in [2.45, 2.75) is 50.1 Å². The summed E-state index contributed by atoms with van der Waals surface area (Å²) in [6, 6.07) is 2.64. The van der Waals surface area contributed by atoms with E-state index in [1.807, 2.05) is 12.3 Å². The molecule has 1 N–H and O–H groups in total. The number of thioether (sulfide) groups is 1. The van der Waals surface area contributed by atoms with Crippen molar-refractivity contribution in [3.8, 4) is 0 Å². The Labute approximate surface area is 108 Å². The molecule has 94 valence electrons. The van der Waals surface area contributed by atoms with Crippen LogP contribution in [0.4, 0.5) is 5.82 Å². The van der Waals surface area contributed by atoms with E-state index in [4.69, 9.17) is 0 Å². The Balaban J connectivity index is 1.95. The number of rotatable bonds is 4. The summed E-state index contributed by atoms with van der Waals surface area (Å²) >= 11 is 1.66. The molecule has 0 amide bonds. The lowest BCUT2D eigenvalue weighted by Gasteiger charge is -2.29. The highest BCUT2D eigenvalue weighted by atomic mass is 32.2. The fourth-order valence-electron chi connectivity index (χ4n) is 2.53. The third-order valence-corrected chi connectivity index (χ3v) is 4.20. The van der Waals surface area contributed by atoms with E-state index in [0.717, 1.165) is 16.8 Å². The standard InChI is InChI=1S/C13H21N3S/c1-3-10-5-4-6-11(7-10)16-12-8-13(17-2)15-9-14-12/h8-11H,3-7H2,1-2H3,(H,14,15,16). The summed E-state index contributed by atoms with van der Waals surface area (Å²) in [5.41, 5.74) is 0. The van der Waals surface area contributed by atoms with Crippen LogP contribution in [0, 0.1) is 5.92 Å². The number of hydrogen-bond donors (Lipinski definition) is 1. The molecular formula is C13H21N3S. The summed E-state index contributed by atoms with van der Waals surface area (Å²) in [6.07, 6.45) is 10.3. The molecule has 0 saturated heterocycles. The fourth-order valence-corrected chi connectivity index (χ4v) is 2.91. The smallest absolute Gasteiger partial charge is 0.130 e. The second-order valence-electron chi connectivity index (χ2n) is 4.73. The third-order valence-electron chi connectivity index (χ3n) is 3.56. The molecule has 4 heteroatoms. The highest BCUT2D eigenvalue weighted by Crippen LogP contribution is 2.28. The lowest BCUT2D eigenvalue weighted by Crippen LogP contribution is -2.27. The van der Waals surface area contributed by atoms with Crippen LogP contribution in [0.3, 0.4) is 0 Å². The maximum atomic E-state index is 4.30. The Morgan fingerprint density at radius 3 is 3.06 bits per heavy atom. The van der Waals surface area contributed by atoms with Crippen LogP contribution >= 0.6 is 11.8 Å². The quantitative estimate of drug-likeness (QED) is 0.655. The molecule has 1 aromatic rings. The summed E-state index contributed by atoms with van der Waals surface area (Å²) in [4.78, 5) is 8.49. The second-order valence-corrected chi connectivity index (χ2v) is 5.55. The number of nitrogens with zero attached hydrogens (tertiary/aromatic N) is 2. The highest BCUT2D eigenvalue weighted by Gasteiger charge is 2.20. The van der Waals surface area contributed by atoms with Crippen LogP contribution in [0.1, 0.15) is 39.0 Å². The molecule has 2 atom stereocenters. The van der Waals surface area contributed by atoms with Gasteiger partial charge in [0.15, 0.2) is 0 Å². The fraction of sp³-hybridized carbons (Fsp3) is 0.692. The van der Waals surface area contributed by atoms with Gasteiger partial charge in [-0.15, -0.1) is 11.8 Å². The summed E-state index contributed by atoms with van der Waals surface area (Å²) in [6.45, 7) is 2.30. The van der Waals surface area contributed by atoms with Crippen molar-refractivity contribution >= 4 is 17.6 Å². The molecule has 0 spiro atoms. The molecule has 1 aromatic heterocycles. The van der Waals surface area contributed by atoms with Gasteiger partial charge < -0.3 is 5.32 Å². The lowest BCUT2D eigenvalue weighted by molar-refractivity contribution is 0.327. The molecule has 2 rings (SSSR count). The lowest BCUT2D eigenvalue weighted by atomic mass is 9.84. The average Bonchev–Trinajstić information content (AvgIpc) is 2.39. The van der Waals surface area contributed by atoms with Gasteiger partial charge in [-0.05, 0) is 25.0 Å². The molecule has 0 radical (unpaired) electrons. The van der Waals surface area contributed by atoms with Crippen molar-refractivity contribution in [1.82, 2.24) is 9.97 Å². The van der Waals surface area contributed by atoms with Crippen LogP contribution in [0.5, 0.6) is 0 Å². The van der Waals surface area contributed by atoms with E-state index in [2.05, 4.69) is 22.2 Å². The van der Waals surface area contributed by atoms with Crippen LogP contribution in [0.15, 0.2) is 17.4 Å². The first-order valence-corrected chi connectivity index (χ1v) is 7.67. The number of nitrogens with one attached hydrogen (secondary N) is 1. The van der Waals surface area contributed by atoms with E-state index in [1.54, 1.807) is 18.1 Å². The van der Waals surface area contributed by atoms with Crippen molar-refractivity contribution in [2.24, 2.45) is 5.92 Å². The molecule has 2 unspecified atom stereocenters. The number of hydrogen-bond acceptors (Lipinski definition) is 4. The normalized spacial score (nSPS) is 24.6. The van der Waals surface area contributed by atoms with Gasteiger partial charge in [0, 0.05) is 12.1 Å². The first-order chi connectivity index (χ1) is 8.31. The number of anilines is 1. The predicted molar refractivity (Wildman–Crippen MR) is 73.5 cm³/mol.